The van der Waals surface area contributed by atoms with E-state index < -0.39 is 7.83 Å². The van der Waals surface area contributed by atoms with Gasteiger partial charge in [-0.25, -0.2) is 0 Å². The van der Waals surface area contributed by atoms with Crippen molar-refractivity contribution in [3.05, 3.63) is 25.3 Å². The first-order valence-electron chi connectivity index (χ1n) is 3.45. The third-order valence-corrected chi connectivity index (χ3v) is 14.0. The van der Waals surface area contributed by atoms with Crippen molar-refractivity contribution in [1.29, 1.82) is 0 Å². The van der Waals surface area contributed by atoms with E-state index in [4.69, 9.17) is 4.12 Å². The van der Waals surface area contributed by atoms with Gasteiger partial charge in [0, 0.05) is 9.76 Å². The van der Waals surface area contributed by atoms with Crippen LogP contribution < -0.4 is 0 Å². The third-order valence-electron chi connectivity index (χ3n) is 1.65. The van der Waals surface area contributed by atoms with E-state index in [1.54, 1.807) is 0 Å². The summed E-state index contributed by atoms with van der Waals surface area (Å²) < 4.78 is 5.62. The molecule has 0 heterocycles. The number of rotatable bonds is 5. The molecule has 58 valence electrons. The molecule has 0 aliphatic heterocycles. The Balaban J connectivity index is 3.92. The van der Waals surface area contributed by atoms with Gasteiger partial charge in [-0.2, -0.15) is 0 Å². The average molecular weight is 188 g/mol. The van der Waals surface area contributed by atoms with Crippen LogP contribution in [0.15, 0.2) is 25.3 Å². The summed E-state index contributed by atoms with van der Waals surface area (Å²) in [5.74, 6) is 0. The lowest BCUT2D eigenvalue weighted by Crippen LogP contribution is -2.37. The molecule has 0 aliphatic carbocycles. The van der Waals surface area contributed by atoms with Crippen molar-refractivity contribution in [2.45, 2.75) is 12.1 Å². The van der Waals surface area contributed by atoms with Gasteiger partial charge in [0.25, 0.3) is 0 Å². The highest BCUT2D eigenvalue weighted by Crippen LogP contribution is 2.12. The minimum Gasteiger partial charge on any atom is -0.465 e. The van der Waals surface area contributed by atoms with E-state index in [2.05, 4.69) is 13.2 Å². The summed E-state index contributed by atoms with van der Waals surface area (Å²) in [5.41, 5.74) is 0. The van der Waals surface area contributed by atoms with Crippen LogP contribution in [0.5, 0.6) is 0 Å². The Labute approximate surface area is 70.1 Å². The fraction of sp³-hybridized carbons (Fsp3) is 0.333. The molecule has 1 nitrogen and oxygen atoms in total. The Morgan fingerprint density at radius 3 is 1.90 bits per heavy atom. The molecule has 0 saturated heterocycles. The summed E-state index contributed by atoms with van der Waals surface area (Å²) in [6.45, 7) is 7.47. The van der Waals surface area contributed by atoms with Crippen molar-refractivity contribution in [2.24, 2.45) is 0 Å². The molecule has 0 atom stereocenters. The summed E-state index contributed by atoms with van der Waals surface area (Å²) in [4.78, 5) is 0. The molecule has 0 N–H and O–H groups in total. The van der Waals surface area contributed by atoms with Crippen molar-refractivity contribution in [3.8, 4) is 0 Å². The zero-order chi connectivity index (χ0) is 8.04. The fourth-order valence-electron chi connectivity index (χ4n) is 0.861. The molecule has 0 amide bonds. The van der Waals surface area contributed by atoms with E-state index in [1.165, 1.54) is 9.76 Å². The number of hydrogen-bond donors (Lipinski definition) is 0. The molecular weight excluding hydrogens is 172 g/mol. The molecule has 0 bridgehead atoms. The standard InChI is InChI=1S/C6H16OSi3/c1-3-5-10(9,7-8)6-4-2/h3-4H,1-2,5-6H2,8-9H3. The van der Waals surface area contributed by atoms with Gasteiger partial charge in [0.15, 0.2) is 7.83 Å². The molecular formula is C6H16OSi3. The lowest BCUT2D eigenvalue weighted by atomic mass is 10.7. The summed E-state index contributed by atoms with van der Waals surface area (Å²) in [7, 11) is 0.815. The van der Waals surface area contributed by atoms with E-state index in [1.807, 2.05) is 12.2 Å². The highest BCUT2D eigenvalue weighted by atomic mass is 29.2. The zero-order valence-corrected chi connectivity index (χ0v) is 11.9. The number of hydrogen-bond acceptors (Lipinski definition) is 1. The van der Waals surface area contributed by atoms with Gasteiger partial charge in [-0.3, -0.25) is 0 Å². The van der Waals surface area contributed by atoms with Gasteiger partial charge < -0.3 is 4.12 Å². The van der Waals surface area contributed by atoms with Gasteiger partial charge in [0.05, 0.1) is 0 Å². The van der Waals surface area contributed by atoms with Crippen LogP contribution in [0, 0.1) is 0 Å². The monoisotopic (exact) mass is 188 g/mol. The summed E-state index contributed by atoms with van der Waals surface area (Å²) in [6.07, 6.45) is 3.97. The van der Waals surface area contributed by atoms with Gasteiger partial charge in [-0.15, -0.1) is 13.2 Å². The Bertz CT molecular complexity index is 114. The molecule has 4 heteroatoms. The minimum absolute atomic E-state index is 0.876. The van der Waals surface area contributed by atoms with Crippen LogP contribution in [0.1, 0.15) is 0 Å². The van der Waals surface area contributed by atoms with Crippen molar-refractivity contribution in [3.63, 3.8) is 0 Å². The van der Waals surface area contributed by atoms with Crippen LogP contribution in [0.2, 0.25) is 12.1 Å². The largest absolute Gasteiger partial charge is 0.465 e. The summed E-state index contributed by atoms with van der Waals surface area (Å²) >= 11 is 0. The lowest BCUT2D eigenvalue weighted by molar-refractivity contribution is 0.625. The van der Waals surface area contributed by atoms with E-state index in [9.17, 15) is 0 Å². The Kier molecular flexibility index (Phi) is 4.88. The average Bonchev–Trinajstić information content (AvgIpc) is 1.89. The fourth-order valence-corrected chi connectivity index (χ4v) is 5.31. The Morgan fingerprint density at radius 2 is 1.70 bits per heavy atom. The third kappa shape index (κ3) is 3.31. The maximum absolute atomic E-state index is 5.62. The molecule has 0 radical (unpaired) electrons. The van der Waals surface area contributed by atoms with E-state index >= 15 is 0 Å². The van der Waals surface area contributed by atoms with Gasteiger partial charge in [0.1, 0.15) is 10.5 Å². The SMILES string of the molecule is C=CC[Si]([SiH3])(CC=C)O[SiH3]. The highest BCUT2D eigenvalue weighted by Gasteiger charge is 2.22. The van der Waals surface area contributed by atoms with Crippen LogP contribution in [-0.2, 0) is 4.12 Å². The molecule has 0 fully saturated rings. The van der Waals surface area contributed by atoms with E-state index in [0.29, 0.717) is 0 Å². The van der Waals surface area contributed by atoms with Crippen LogP contribution >= 0.6 is 0 Å². The zero-order valence-electron chi connectivity index (χ0n) is 6.89. The first-order valence-corrected chi connectivity index (χ1v) is 10.1. The van der Waals surface area contributed by atoms with Crippen molar-refractivity contribution < 1.29 is 4.12 Å². The smallest absolute Gasteiger partial charge is 0.161 e. The molecule has 0 rings (SSSR count). The quantitative estimate of drug-likeness (QED) is 0.416. The Morgan fingerprint density at radius 1 is 1.30 bits per heavy atom. The summed E-state index contributed by atoms with van der Waals surface area (Å²) in [5, 5.41) is 0. The van der Waals surface area contributed by atoms with Crippen molar-refractivity contribution in [1.82, 2.24) is 0 Å². The van der Waals surface area contributed by atoms with Crippen molar-refractivity contribution >= 4 is 28.1 Å². The van der Waals surface area contributed by atoms with Gasteiger partial charge in [0.2, 0.25) is 0 Å². The second-order valence-corrected chi connectivity index (χ2v) is 13.5. The summed E-state index contributed by atoms with van der Waals surface area (Å²) in [6, 6.07) is 2.21. The van der Waals surface area contributed by atoms with Crippen LogP contribution in [0.25, 0.3) is 0 Å². The Hall–Kier alpha value is 0.0906. The highest BCUT2D eigenvalue weighted by molar-refractivity contribution is 7.14. The van der Waals surface area contributed by atoms with Crippen LogP contribution in [0.3, 0.4) is 0 Å². The van der Waals surface area contributed by atoms with Crippen LogP contribution in [0.4, 0.5) is 0 Å². The topological polar surface area (TPSA) is 9.23 Å². The maximum atomic E-state index is 5.62. The van der Waals surface area contributed by atoms with Gasteiger partial charge in [-0.1, -0.05) is 12.2 Å². The van der Waals surface area contributed by atoms with Gasteiger partial charge in [-0.05, 0) is 12.1 Å². The second kappa shape index (κ2) is 4.84. The molecule has 0 spiro atoms. The maximum Gasteiger partial charge on any atom is 0.161 e. The molecule has 0 unspecified atom stereocenters. The molecule has 0 aromatic rings. The van der Waals surface area contributed by atoms with E-state index in [-0.39, 0.29) is 0 Å². The van der Waals surface area contributed by atoms with Crippen molar-refractivity contribution in [2.75, 3.05) is 0 Å². The molecule has 0 aliphatic rings. The molecule has 0 aromatic heterocycles. The number of allylic oxidation sites excluding steroid dienone is 2. The first-order chi connectivity index (χ1) is 4.68. The lowest BCUT2D eigenvalue weighted by Gasteiger charge is -2.22. The molecule has 0 saturated carbocycles. The first kappa shape index (κ1) is 10.1. The van der Waals surface area contributed by atoms with Crippen LogP contribution in [-0.4, -0.2) is 28.1 Å². The van der Waals surface area contributed by atoms with Gasteiger partial charge >= 0.3 is 0 Å². The second-order valence-electron chi connectivity index (χ2n) is 2.64. The minimum atomic E-state index is -1.26. The predicted octanol–water partition coefficient (Wildman–Crippen LogP) is -0.537. The molecule has 0 aromatic carbocycles. The molecule has 10 heavy (non-hydrogen) atoms. The normalized spacial score (nSPS) is 11.6. The predicted molar refractivity (Wildman–Crippen MR) is 56.7 cm³/mol. The van der Waals surface area contributed by atoms with E-state index in [0.717, 1.165) is 22.6 Å².